The number of nitrogens with one attached hydrogen (secondary N) is 2. The number of ketones is 1. The summed E-state index contributed by atoms with van der Waals surface area (Å²) in [5, 5.41) is 2.77. The monoisotopic (exact) mass is 400 g/mol. The zero-order valence-electron chi connectivity index (χ0n) is 16.9. The van der Waals surface area contributed by atoms with Crippen LogP contribution in [0.3, 0.4) is 0 Å². The van der Waals surface area contributed by atoms with E-state index in [0.717, 1.165) is 11.3 Å². The number of H-pyrrole nitrogens is 1. The zero-order chi connectivity index (χ0) is 21.1. The molecule has 1 aromatic carbocycles. The third-order valence-corrected chi connectivity index (χ3v) is 4.79. The molecule has 1 aliphatic heterocycles. The van der Waals surface area contributed by atoms with E-state index in [0.29, 0.717) is 47.0 Å². The van der Waals surface area contributed by atoms with Crippen molar-refractivity contribution in [1.29, 1.82) is 0 Å². The Kier molecular flexibility index (Phi) is 5.91. The first kappa shape index (κ1) is 20.4. The second-order valence-electron chi connectivity index (χ2n) is 6.80. The molecule has 0 atom stereocenters. The number of fused-ring (bicyclic) bond motifs is 1. The molecule has 0 saturated heterocycles. The predicted octanol–water partition coefficient (Wildman–Crippen LogP) is 3.31. The number of amides is 1. The number of aromatic nitrogens is 1. The van der Waals surface area contributed by atoms with Crippen molar-refractivity contribution in [3.8, 4) is 11.5 Å². The number of carbonyl (C=O) groups excluding carboxylic acids is 3. The molecule has 1 amide bonds. The number of ether oxygens (including phenoxy) is 3. The van der Waals surface area contributed by atoms with Gasteiger partial charge in [0.05, 0.1) is 17.9 Å². The summed E-state index contributed by atoms with van der Waals surface area (Å²) in [5.74, 6) is 0.155. The van der Waals surface area contributed by atoms with Crippen LogP contribution in [-0.2, 0) is 16.0 Å². The number of hydrogen-bond donors (Lipinski definition) is 2. The van der Waals surface area contributed by atoms with Gasteiger partial charge in [-0.3, -0.25) is 9.59 Å². The lowest BCUT2D eigenvalue weighted by molar-refractivity contribution is -0.116. The van der Waals surface area contributed by atoms with Crippen LogP contribution in [0.25, 0.3) is 0 Å². The van der Waals surface area contributed by atoms with Crippen molar-refractivity contribution in [1.82, 2.24) is 4.98 Å². The van der Waals surface area contributed by atoms with Crippen LogP contribution in [0, 0.1) is 13.8 Å². The van der Waals surface area contributed by atoms with Gasteiger partial charge in [-0.2, -0.15) is 0 Å². The predicted molar refractivity (Wildman–Crippen MR) is 106 cm³/mol. The fourth-order valence-corrected chi connectivity index (χ4v) is 3.36. The van der Waals surface area contributed by atoms with Crippen LogP contribution < -0.4 is 14.8 Å². The van der Waals surface area contributed by atoms with Gasteiger partial charge >= 0.3 is 5.97 Å². The van der Waals surface area contributed by atoms with Crippen molar-refractivity contribution >= 4 is 23.3 Å². The molecule has 2 aromatic rings. The minimum absolute atomic E-state index is 0.0817. The molecule has 2 heterocycles. The lowest BCUT2D eigenvalue weighted by Crippen LogP contribution is -2.15. The van der Waals surface area contributed by atoms with E-state index in [9.17, 15) is 14.4 Å². The first-order valence-corrected chi connectivity index (χ1v) is 9.41. The van der Waals surface area contributed by atoms with Crippen LogP contribution in [0.5, 0.6) is 11.5 Å². The van der Waals surface area contributed by atoms with Crippen molar-refractivity contribution in [2.24, 2.45) is 0 Å². The summed E-state index contributed by atoms with van der Waals surface area (Å²) in [4.78, 5) is 39.7. The Labute approximate surface area is 168 Å². The van der Waals surface area contributed by atoms with E-state index < -0.39 is 0 Å². The van der Waals surface area contributed by atoms with Crippen molar-refractivity contribution < 1.29 is 28.6 Å². The van der Waals surface area contributed by atoms with Crippen molar-refractivity contribution in [3.63, 3.8) is 0 Å². The summed E-state index contributed by atoms with van der Waals surface area (Å²) in [5.41, 5.74) is 3.56. The van der Waals surface area contributed by atoms with E-state index in [4.69, 9.17) is 14.2 Å². The van der Waals surface area contributed by atoms with Crippen LogP contribution in [0.2, 0.25) is 0 Å². The van der Waals surface area contributed by atoms with Crippen LogP contribution >= 0.6 is 0 Å². The Morgan fingerprint density at radius 3 is 2.52 bits per heavy atom. The highest BCUT2D eigenvalue weighted by molar-refractivity contribution is 6.04. The standard InChI is InChI=1S/C21H24N2O6/c1-5-27-21(26)20-11(2)15(22-12(20)3)6-7-19(25)23-16-9-18-17(28-10-29-18)8-14(16)13(4)24/h8-9,22H,5-7,10H2,1-4H3,(H,23,25). The zero-order valence-corrected chi connectivity index (χ0v) is 16.9. The topological polar surface area (TPSA) is 107 Å². The van der Waals surface area contributed by atoms with Gasteiger partial charge in [0.15, 0.2) is 17.3 Å². The highest BCUT2D eigenvalue weighted by atomic mass is 16.7. The molecule has 3 rings (SSSR count). The minimum Gasteiger partial charge on any atom is -0.462 e. The van der Waals surface area contributed by atoms with Gasteiger partial charge in [0.1, 0.15) is 0 Å². The Morgan fingerprint density at radius 1 is 1.17 bits per heavy atom. The maximum absolute atomic E-state index is 12.5. The normalized spacial score (nSPS) is 12.0. The molecule has 29 heavy (non-hydrogen) atoms. The van der Waals surface area contributed by atoms with Gasteiger partial charge in [-0.15, -0.1) is 0 Å². The van der Waals surface area contributed by atoms with E-state index in [1.807, 2.05) is 6.92 Å². The Balaban J connectivity index is 1.71. The summed E-state index contributed by atoms with van der Waals surface area (Å²) in [6, 6.07) is 3.17. The van der Waals surface area contributed by atoms with E-state index in [1.54, 1.807) is 26.0 Å². The number of hydrogen-bond acceptors (Lipinski definition) is 6. The number of benzene rings is 1. The smallest absolute Gasteiger partial charge is 0.340 e. The van der Waals surface area contributed by atoms with Crippen LogP contribution in [0.1, 0.15) is 57.9 Å². The number of esters is 1. The number of carbonyl (C=O) groups is 3. The molecule has 0 radical (unpaired) electrons. The summed E-state index contributed by atoms with van der Waals surface area (Å²) in [6.45, 7) is 7.19. The minimum atomic E-state index is -0.374. The highest BCUT2D eigenvalue weighted by Gasteiger charge is 2.22. The van der Waals surface area contributed by atoms with Crippen LogP contribution in [0.4, 0.5) is 5.69 Å². The van der Waals surface area contributed by atoms with Gasteiger partial charge in [-0.25, -0.2) is 4.79 Å². The molecule has 0 unspecified atom stereocenters. The quantitative estimate of drug-likeness (QED) is 0.545. The third kappa shape index (κ3) is 4.26. The third-order valence-electron chi connectivity index (χ3n) is 4.79. The molecule has 0 saturated carbocycles. The second kappa shape index (κ2) is 8.38. The van der Waals surface area contributed by atoms with Gasteiger partial charge in [-0.1, -0.05) is 0 Å². The molecular weight excluding hydrogens is 376 g/mol. The molecule has 154 valence electrons. The molecule has 0 spiro atoms. The van der Waals surface area contributed by atoms with Gasteiger partial charge in [0.2, 0.25) is 12.7 Å². The number of rotatable bonds is 7. The summed E-state index contributed by atoms with van der Waals surface area (Å²) in [7, 11) is 0. The van der Waals surface area contributed by atoms with E-state index in [2.05, 4.69) is 10.3 Å². The molecule has 1 aliphatic rings. The SMILES string of the molecule is CCOC(=O)c1c(C)[nH]c(CCC(=O)Nc2cc3c(cc2C(C)=O)OCO3)c1C. The fourth-order valence-electron chi connectivity index (χ4n) is 3.36. The van der Waals surface area contributed by atoms with Crippen LogP contribution in [-0.4, -0.2) is 36.0 Å². The van der Waals surface area contributed by atoms with Crippen molar-refractivity contribution in [2.45, 2.75) is 40.5 Å². The van der Waals surface area contributed by atoms with Gasteiger partial charge in [0.25, 0.3) is 0 Å². The number of aromatic amines is 1. The van der Waals surface area contributed by atoms with Crippen molar-refractivity contribution in [3.05, 3.63) is 40.2 Å². The molecule has 0 fully saturated rings. The summed E-state index contributed by atoms with van der Waals surface area (Å²) in [6.07, 6.45) is 0.590. The number of anilines is 1. The second-order valence-corrected chi connectivity index (χ2v) is 6.80. The Morgan fingerprint density at radius 2 is 1.86 bits per heavy atom. The lowest BCUT2D eigenvalue weighted by atomic mass is 10.1. The summed E-state index contributed by atoms with van der Waals surface area (Å²) >= 11 is 0. The molecule has 0 aliphatic carbocycles. The highest BCUT2D eigenvalue weighted by Crippen LogP contribution is 2.37. The molecular formula is C21H24N2O6. The fraction of sp³-hybridized carbons (Fsp3) is 0.381. The van der Waals surface area contributed by atoms with Gasteiger partial charge in [-0.05, 0) is 45.7 Å². The maximum Gasteiger partial charge on any atom is 0.340 e. The van der Waals surface area contributed by atoms with Gasteiger partial charge in [0, 0.05) is 29.4 Å². The first-order chi connectivity index (χ1) is 13.8. The number of Topliss-reactive ketones (excluding diaryl/α,β-unsaturated/α-hetero) is 1. The molecule has 2 N–H and O–H groups in total. The molecule has 8 heteroatoms. The maximum atomic E-state index is 12.5. The molecule has 8 nitrogen and oxygen atoms in total. The average Bonchev–Trinajstić information content (AvgIpc) is 3.22. The Hall–Kier alpha value is -3.29. The lowest BCUT2D eigenvalue weighted by Gasteiger charge is -2.10. The molecule has 0 bridgehead atoms. The van der Waals surface area contributed by atoms with Crippen molar-refractivity contribution in [2.75, 3.05) is 18.7 Å². The number of aryl methyl sites for hydroxylation is 2. The summed E-state index contributed by atoms with van der Waals surface area (Å²) < 4.78 is 15.7. The average molecular weight is 400 g/mol. The van der Waals surface area contributed by atoms with Crippen LogP contribution in [0.15, 0.2) is 12.1 Å². The largest absolute Gasteiger partial charge is 0.462 e. The van der Waals surface area contributed by atoms with E-state index >= 15 is 0 Å². The molecule has 1 aromatic heterocycles. The van der Waals surface area contributed by atoms with E-state index in [1.165, 1.54) is 6.92 Å². The Bertz CT molecular complexity index is 976. The van der Waals surface area contributed by atoms with Gasteiger partial charge < -0.3 is 24.5 Å². The first-order valence-electron chi connectivity index (χ1n) is 9.41. The van der Waals surface area contributed by atoms with E-state index in [-0.39, 0.29) is 30.9 Å².